The fourth-order valence-corrected chi connectivity index (χ4v) is 2.33. The summed E-state index contributed by atoms with van der Waals surface area (Å²) in [6, 6.07) is 6.46. The van der Waals surface area contributed by atoms with Gasteiger partial charge in [0.1, 0.15) is 0 Å². The number of hydrogen-bond donors (Lipinski definition) is 1. The molecule has 19 heavy (non-hydrogen) atoms. The van der Waals surface area contributed by atoms with Crippen LogP contribution in [0.1, 0.15) is 5.56 Å². The van der Waals surface area contributed by atoms with Crippen molar-refractivity contribution in [3.8, 4) is 11.3 Å². The number of aromatic nitrogens is 1. The number of carboxylic acid groups (broad SMARTS) is 1. The largest absolute Gasteiger partial charge is 0.481 e. The molecule has 1 aromatic heterocycles. The van der Waals surface area contributed by atoms with E-state index in [4.69, 9.17) is 39.9 Å². The lowest BCUT2D eigenvalue weighted by molar-refractivity contribution is -0.136. The summed E-state index contributed by atoms with van der Waals surface area (Å²) >= 11 is 17.9. The van der Waals surface area contributed by atoms with Crippen molar-refractivity contribution >= 4 is 40.8 Å². The van der Waals surface area contributed by atoms with Crippen molar-refractivity contribution in [3.05, 3.63) is 51.1 Å². The molecule has 0 atom stereocenters. The number of carboxylic acids is 1. The summed E-state index contributed by atoms with van der Waals surface area (Å²) in [6.45, 7) is 0. The minimum absolute atomic E-state index is 0.139. The number of benzene rings is 1. The van der Waals surface area contributed by atoms with E-state index in [9.17, 15) is 4.79 Å². The smallest absolute Gasteiger partial charge is 0.307 e. The SMILES string of the molecule is O=C(O)Cc1cccnc1-c1cc(Cl)c(Cl)cc1Cl. The molecule has 1 aromatic carbocycles. The van der Waals surface area contributed by atoms with E-state index < -0.39 is 5.97 Å². The number of nitrogens with zero attached hydrogens (tertiary/aromatic N) is 1. The highest BCUT2D eigenvalue weighted by Gasteiger charge is 2.14. The molecule has 2 aromatic rings. The summed E-state index contributed by atoms with van der Waals surface area (Å²) in [6.07, 6.45) is 1.43. The molecule has 0 spiro atoms. The van der Waals surface area contributed by atoms with Crippen LogP contribution in [0.15, 0.2) is 30.5 Å². The van der Waals surface area contributed by atoms with Gasteiger partial charge in [-0.25, -0.2) is 0 Å². The summed E-state index contributed by atoms with van der Waals surface area (Å²) in [5.74, 6) is -0.939. The lowest BCUT2D eigenvalue weighted by Crippen LogP contribution is -2.03. The molecule has 98 valence electrons. The standard InChI is InChI=1S/C13H8Cl3NO2/c14-9-6-11(16)10(15)5-8(9)13-7(4-12(18)19)2-1-3-17-13/h1-3,5-6H,4H2,(H,18,19). The summed E-state index contributed by atoms with van der Waals surface area (Å²) in [7, 11) is 0. The average molecular weight is 317 g/mol. The predicted octanol–water partition coefficient (Wildman–Crippen LogP) is 4.34. The Morgan fingerprint density at radius 2 is 1.84 bits per heavy atom. The Morgan fingerprint density at radius 3 is 2.53 bits per heavy atom. The van der Waals surface area contributed by atoms with Crippen LogP contribution in [0, 0.1) is 0 Å². The number of hydrogen-bond acceptors (Lipinski definition) is 2. The van der Waals surface area contributed by atoms with Crippen molar-refractivity contribution in [2.45, 2.75) is 6.42 Å². The number of pyridine rings is 1. The molecule has 1 N–H and O–H groups in total. The minimum atomic E-state index is -0.939. The van der Waals surface area contributed by atoms with Crippen molar-refractivity contribution in [3.63, 3.8) is 0 Å². The van der Waals surface area contributed by atoms with Crippen LogP contribution in [0.2, 0.25) is 15.1 Å². The van der Waals surface area contributed by atoms with Crippen LogP contribution in [-0.4, -0.2) is 16.1 Å². The van der Waals surface area contributed by atoms with Gasteiger partial charge in [-0.3, -0.25) is 9.78 Å². The Morgan fingerprint density at radius 1 is 1.16 bits per heavy atom. The van der Waals surface area contributed by atoms with Gasteiger partial charge in [-0.1, -0.05) is 40.9 Å². The lowest BCUT2D eigenvalue weighted by atomic mass is 10.0. The topological polar surface area (TPSA) is 50.2 Å². The number of carbonyl (C=O) groups is 1. The maximum Gasteiger partial charge on any atom is 0.307 e. The quantitative estimate of drug-likeness (QED) is 0.857. The summed E-state index contributed by atoms with van der Waals surface area (Å²) in [5, 5.41) is 9.95. The third-order valence-electron chi connectivity index (χ3n) is 2.50. The number of halogens is 3. The fourth-order valence-electron chi connectivity index (χ4n) is 1.69. The van der Waals surface area contributed by atoms with Gasteiger partial charge in [0.05, 0.1) is 27.2 Å². The van der Waals surface area contributed by atoms with Gasteiger partial charge in [-0.2, -0.15) is 0 Å². The minimum Gasteiger partial charge on any atom is -0.481 e. The monoisotopic (exact) mass is 315 g/mol. The Bertz CT molecular complexity index is 644. The third kappa shape index (κ3) is 3.18. The second kappa shape index (κ2) is 5.78. The molecule has 0 radical (unpaired) electrons. The van der Waals surface area contributed by atoms with Crippen LogP contribution in [0.25, 0.3) is 11.3 Å². The molecular weight excluding hydrogens is 309 g/mol. The van der Waals surface area contributed by atoms with Crippen molar-refractivity contribution in [1.82, 2.24) is 4.98 Å². The summed E-state index contributed by atoms with van der Waals surface area (Å²) in [4.78, 5) is 15.0. The van der Waals surface area contributed by atoms with Gasteiger partial charge in [0.2, 0.25) is 0 Å². The normalized spacial score (nSPS) is 10.5. The zero-order valence-corrected chi connectivity index (χ0v) is 11.8. The fraction of sp³-hybridized carbons (Fsp3) is 0.0769. The van der Waals surface area contributed by atoms with Gasteiger partial charge in [0.25, 0.3) is 0 Å². The van der Waals surface area contributed by atoms with E-state index in [1.807, 2.05) is 0 Å². The van der Waals surface area contributed by atoms with Gasteiger partial charge in [-0.05, 0) is 23.8 Å². The molecule has 0 fully saturated rings. The molecule has 6 heteroatoms. The molecule has 0 aliphatic rings. The molecule has 1 heterocycles. The highest BCUT2D eigenvalue weighted by molar-refractivity contribution is 6.44. The highest BCUT2D eigenvalue weighted by Crippen LogP contribution is 2.35. The van der Waals surface area contributed by atoms with Crippen LogP contribution in [0.4, 0.5) is 0 Å². The maximum absolute atomic E-state index is 10.9. The van der Waals surface area contributed by atoms with Crippen molar-refractivity contribution in [2.75, 3.05) is 0 Å². The Hall–Kier alpha value is -1.29. The molecule has 0 aliphatic heterocycles. The van der Waals surface area contributed by atoms with E-state index in [0.29, 0.717) is 31.9 Å². The van der Waals surface area contributed by atoms with Crippen molar-refractivity contribution in [2.24, 2.45) is 0 Å². The lowest BCUT2D eigenvalue weighted by Gasteiger charge is -2.09. The molecule has 0 bridgehead atoms. The first-order chi connectivity index (χ1) is 8.99. The Balaban J connectivity index is 2.59. The van der Waals surface area contributed by atoms with Gasteiger partial charge in [0.15, 0.2) is 0 Å². The van der Waals surface area contributed by atoms with Crippen molar-refractivity contribution in [1.29, 1.82) is 0 Å². The molecule has 0 saturated heterocycles. The van der Waals surface area contributed by atoms with Crippen LogP contribution >= 0.6 is 34.8 Å². The second-order valence-corrected chi connectivity index (χ2v) is 5.05. The number of aliphatic carboxylic acids is 1. The van der Waals surface area contributed by atoms with Gasteiger partial charge >= 0.3 is 5.97 Å². The Kier molecular flexibility index (Phi) is 4.30. The number of rotatable bonds is 3. The molecule has 0 amide bonds. The third-order valence-corrected chi connectivity index (χ3v) is 3.53. The first kappa shape index (κ1) is 14.1. The zero-order valence-electron chi connectivity index (χ0n) is 9.53. The van der Waals surface area contributed by atoms with Gasteiger partial charge < -0.3 is 5.11 Å². The maximum atomic E-state index is 10.9. The first-order valence-corrected chi connectivity index (χ1v) is 6.43. The van der Waals surface area contributed by atoms with E-state index in [1.54, 1.807) is 24.4 Å². The molecule has 0 aliphatic carbocycles. The van der Waals surface area contributed by atoms with E-state index in [2.05, 4.69) is 4.98 Å². The van der Waals surface area contributed by atoms with E-state index in [0.717, 1.165) is 0 Å². The van der Waals surface area contributed by atoms with E-state index >= 15 is 0 Å². The summed E-state index contributed by atoms with van der Waals surface area (Å²) in [5.41, 5.74) is 1.62. The van der Waals surface area contributed by atoms with Crippen LogP contribution in [0.3, 0.4) is 0 Å². The van der Waals surface area contributed by atoms with Crippen LogP contribution < -0.4 is 0 Å². The highest BCUT2D eigenvalue weighted by atomic mass is 35.5. The zero-order chi connectivity index (χ0) is 14.0. The Labute approximate surface area is 124 Å². The molecule has 0 saturated carbocycles. The average Bonchev–Trinajstić information content (AvgIpc) is 2.34. The molecule has 0 unspecified atom stereocenters. The van der Waals surface area contributed by atoms with Crippen molar-refractivity contribution < 1.29 is 9.90 Å². The van der Waals surface area contributed by atoms with E-state index in [-0.39, 0.29) is 6.42 Å². The molecular formula is C13H8Cl3NO2. The van der Waals surface area contributed by atoms with Gasteiger partial charge in [0, 0.05) is 11.8 Å². The second-order valence-electron chi connectivity index (χ2n) is 3.83. The van der Waals surface area contributed by atoms with E-state index in [1.165, 1.54) is 6.07 Å². The summed E-state index contributed by atoms with van der Waals surface area (Å²) < 4.78 is 0. The van der Waals surface area contributed by atoms with Gasteiger partial charge in [-0.15, -0.1) is 0 Å². The first-order valence-electron chi connectivity index (χ1n) is 5.29. The molecule has 2 rings (SSSR count). The molecule has 3 nitrogen and oxygen atoms in total. The predicted molar refractivity (Wildman–Crippen MR) is 76.0 cm³/mol. The van der Waals surface area contributed by atoms with Crippen LogP contribution in [-0.2, 0) is 11.2 Å². The van der Waals surface area contributed by atoms with Crippen LogP contribution in [0.5, 0.6) is 0 Å².